The zero-order valence-corrected chi connectivity index (χ0v) is 22.0. The summed E-state index contributed by atoms with van der Waals surface area (Å²) in [6.45, 7) is 31.9. The van der Waals surface area contributed by atoms with Crippen molar-refractivity contribution in [1.29, 1.82) is 0 Å². The fourth-order valence-electron chi connectivity index (χ4n) is 4.20. The molecule has 0 N–H and O–H groups in total. The smallest absolute Gasteiger partial charge is 0.00385 e. The monoisotopic (exact) mass is 398 g/mol. The minimum absolute atomic E-state index is 0.748. The van der Waals surface area contributed by atoms with Gasteiger partial charge in [0.1, 0.15) is 0 Å². The minimum atomic E-state index is 0.748. The summed E-state index contributed by atoms with van der Waals surface area (Å²) in [6.07, 6.45) is 5.65. The fraction of sp³-hybridized carbons (Fsp3) is 1.00. The van der Waals surface area contributed by atoms with Gasteiger partial charge >= 0.3 is 0 Å². The highest BCUT2D eigenvalue weighted by Gasteiger charge is 2.23. The lowest BCUT2D eigenvalue weighted by molar-refractivity contribution is 0.129. The highest BCUT2D eigenvalue weighted by molar-refractivity contribution is 4.76. The Morgan fingerprint density at radius 3 is 0.821 bits per heavy atom. The van der Waals surface area contributed by atoms with E-state index in [1.807, 2.05) is 27.7 Å². The van der Waals surface area contributed by atoms with Gasteiger partial charge in [0.05, 0.1) is 0 Å². The Morgan fingerprint density at radius 1 is 0.464 bits per heavy atom. The Balaban J connectivity index is 0. The van der Waals surface area contributed by atoms with Crippen LogP contribution in [-0.4, -0.2) is 48.1 Å². The Morgan fingerprint density at radius 2 is 0.679 bits per heavy atom. The summed E-state index contributed by atoms with van der Waals surface area (Å²) < 4.78 is 0. The van der Waals surface area contributed by atoms with E-state index in [1.54, 1.807) is 0 Å². The fourth-order valence-corrected chi connectivity index (χ4v) is 4.20. The van der Waals surface area contributed by atoms with Crippen LogP contribution in [0.15, 0.2) is 0 Å². The van der Waals surface area contributed by atoms with Crippen LogP contribution >= 0.6 is 0 Å². The lowest BCUT2D eigenvalue weighted by atomic mass is 9.86. The molecule has 0 amide bonds. The molecule has 172 valence electrons. The van der Waals surface area contributed by atoms with Crippen molar-refractivity contribution in [1.82, 2.24) is 9.80 Å². The largest absolute Gasteiger partial charge is 0.301 e. The first-order chi connectivity index (χ1) is 13.2. The molecule has 0 unspecified atom stereocenters. The molecular formula is C26H58N2. The van der Waals surface area contributed by atoms with Crippen LogP contribution in [0.25, 0.3) is 0 Å². The average molecular weight is 399 g/mol. The van der Waals surface area contributed by atoms with Crippen molar-refractivity contribution in [3.05, 3.63) is 0 Å². The van der Waals surface area contributed by atoms with E-state index < -0.39 is 0 Å². The zero-order chi connectivity index (χ0) is 22.3. The van der Waals surface area contributed by atoms with Gasteiger partial charge < -0.3 is 9.80 Å². The number of likely N-dealkylation sites (tertiary alicyclic amines) is 2. The van der Waals surface area contributed by atoms with Crippen molar-refractivity contribution in [2.24, 2.45) is 23.7 Å². The molecule has 2 saturated heterocycles. The number of nitrogens with zero attached hydrogens (tertiary/aromatic N) is 2. The van der Waals surface area contributed by atoms with E-state index in [4.69, 9.17) is 0 Å². The summed E-state index contributed by atoms with van der Waals surface area (Å²) >= 11 is 0. The Hall–Kier alpha value is -0.0800. The zero-order valence-electron chi connectivity index (χ0n) is 22.0. The third kappa shape index (κ3) is 12.5. The van der Waals surface area contributed by atoms with Gasteiger partial charge in [-0.1, -0.05) is 55.4 Å². The molecule has 2 nitrogen and oxygen atoms in total. The molecule has 2 rings (SSSR count). The Bertz CT molecular complexity index is 242. The molecule has 0 saturated carbocycles. The summed E-state index contributed by atoms with van der Waals surface area (Å²) in [7, 11) is 0. The van der Waals surface area contributed by atoms with Crippen molar-refractivity contribution in [3.8, 4) is 0 Å². The molecule has 0 radical (unpaired) electrons. The summed E-state index contributed by atoms with van der Waals surface area (Å²) in [5.74, 6) is 3.75. The van der Waals surface area contributed by atoms with E-state index >= 15 is 0 Å². The normalized spacial score (nSPS) is 19.7. The number of hydrogen-bond acceptors (Lipinski definition) is 2. The highest BCUT2D eigenvalue weighted by Crippen LogP contribution is 2.26. The van der Waals surface area contributed by atoms with Crippen LogP contribution in [0, 0.1) is 23.7 Å². The van der Waals surface area contributed by atoms with E-state index in [2.05, 4.69) is 65.2 Å². The van der Waals surface area contributed by atoms with Crippen LogP contribution in [-0.2, 0) is 0 Å². The second-order valence-corrected chi connectivity index (χ2v) is 9.42. The first-order valence-corrected chi connectivity index (χ1v) is 12.7. The van der Waals surface area contributed by atoms with E-state index in [9.17, 15) is 0 Å². The quantitative estimate of drug-likeness (QED) is 0.481. The van der Waals surface area contributed by atoms with Gasteiger partial charge in [-0.2, -0.15) is 0 Å². The van der Waals surface area contributed by atoms with Crippen LogP contribution in [0.3, 0.4) is 0 Å². The van der Waals surface area contributed by atoms with Gasteiger partial charge in [-0.05, 0) is 103 Å². The third-order valence-electron chi connectivity index (χ3n) is 6.49. The molecule has 2 aliphatic heterocycles. The standard InChI is InChI=1S/2C11H23N.2C2H6/c2*1-9(2)11-5-7-12(8-6-11)10(3)4;2*1-2/h2*9-11H,5-8H2,1-4H3;2*1-2H3. The second kappa shape index (κ2) is 17.8. The lowest BCUT2D eigenvalue weighted by Crippen LogP contribution is -2.39. The molecule has 2 heteroatoms. The van der Waals surface area contributed by atoms with Crippen LogP contribution in [0.4, 0.5) is 0 Å². The van der Waals surface area contributed by atoms with E-state index in [0.29, 0.717) is 0 Å². The van der Waals surface area contributed by atoms with Crippen LogP contribution in [0.5, 0.6) is 0 Å². The van der Waals surface area contributed by atoms with E-state index in [1.165, 1.54) is 51.9 Å². The number of rotatable bonds is 4. The van der Waals surface area contributed by atoms with E-state index in [-0.39, 0.29) is 0 Å². The maximum Gasteiger partial charge on any atom is 0.00385 e. The summed E-state index contributed by atoms with van der Waals surface area (Å²) in [5.41, 5.74) is 0. The van der Waals surface area contributed by atoms with Gasteiger partial charge in [-0.3, -0.25) is 0 Å². The molecule has 2 aliphatic rings. The predicted molar refractivity (Wildman–Crippen MR) is 131 cm³/mol. The van der Waals surface area contributed by atoms with Crippen LogP contribution < -0.4 is 0 Å². The van der Waals surface area contributed by atoms with Crippen molar-refractivity contribution in [2.45, 2.75) is 121 Å². The molecule has 0 atom stereocenters. The molecule has 0 spiro atoms. The summed E-state index contributed by atoms with van der Waals surface area (Å²) in [6, 6.07) is 1.50. The van der Waals surface area contributed by atoms with Gasteiger partial charge in [-0.25, -0.2) is 0 Å². The van der Waals surface area contributed by atoms with Crippen molar-refractivity contribution in [3.63, 3.8) is 0 Å². The van der Waals surface area contributed by atoms with Crippen molar-refractivity contribution >= 4 is 0 Å². The first kappa shape index (κ1) is 30.1. The first-order valence-electron chi connectivity index (χ1n) is 12.7. The SMILES string of the molecule is CC.CC.CC(C)C1CCN(C(C)C)CC1.CC(C)C1CCN(C(C)C)CC1. The maximum absolute atomic E-state index is 2.60. The Labute approximate surface area is 180 Å². The molecule has 2 fully saturated rings. The minimum Gasteiger partial charge on any atom is -0.301 e. The van der Waals surface area contributed by atoms with E-state index in [0.717, 1.165) is 35.8 Å². The lowest BCUT2D eigenvalue weighted by Gasteiger charge is -2.36. The second-order valence-electron chi connectivity index (χ2n) is 9.42. The summed E-state index contributed by atoms with van der Waals surface area (Å²) in [5, 5.41) is 0. The molecule has 0 aliphatic carbocycles. The van der Waals surface area contributed by atoms with Gasteiger partial charge in [0.15, 0.2) is 0 Å². The van der Waals surface area contributed by atoms with Gasteiger partial charge in [-0.15, -0.1) is 0 Å². The number of piperidine rings is 2. The molecule has 28 heavy (non-hydrogen) atoms. The molecular weight excluding hydrogens is 340 g/mol. The highest BCUT2D eigenvalue weighted by atomic mass is 15.2. The predicted octanol–water partition coefficient (Wildman–Crippen LogP) is 7.58. The van der Waals surface area contributed by atoms with Crippen molar-refractivity contribution < 1.29 is 0 Å². The van der Waals surface area contributed by atoms with Gasteiger partial charge in [0, 0.05) is 12.1 Å². The molecule has 2 heterocycles. The van der Waals surface area contributed by atoms with Crippen LogP contribution in [0.1, 0.15) is 109 Å². The number of hydrogen-bond donors (Lipinski definition) is 0. The van der Waals surface area contributed by atoms with Crippen LogP contribution in [0.2, 0.25) is 0 Å². The maximum atomic E-state index is 2.60. The molecule has 0 bridgehead atoms. The molecule has 0 aromatic heterocycles. The topological polar surface area (TPSA) is 6.48 Å². The molecule has 0 aromatic carbocycles. The van der Waals surface area contributed by atoms with Gasteiger partial charge in [0.25, 0.3) is 0 Å². The third-order valence-corrected chi connectivity index (χ3v) is 6.49. The Kier molecular flexibility index (Phi) is 19.1. The molecule has 0 aromatic rings. The summed E-state index contributed by atoms with van der Waals surface area (Å²) in [4.78, 5) is 5.19. The van der Waals surface area contributed by atoms with Crippen molar-refractivity contribution in [2.75, 3.05) is 26.2 Å². The van der Waals surface area contributed by atoms with Gasteiger partial charge in [0.2, 0.25) is 0 Å². The average Bonchev–Trinajstić information content (AvgIpc) is 2.71.